The maximum atomic E-state index is 12.3. The zero-order valence-electron chi connectivity index (χ0n) is 19.2. The molecule has 1 amide bonds. The molecule has 1 heterocycles. The van der Waals surface area contributed by atoms with Gasteiger partial charge in [-0.25, -0.2) is 9.97 Å². The lowest BCUT2D eigenvalue weighted by Gasteiger charge is -2.20. The van der Waals surface area contributed by atoms with Crippen molar-refractivity contribution >= 4 is 28.9 Å². The number of carbonyl (C=O) groups excluding carboxylic acids is 1. The number of amides is 1. The lowest BCUT2D eigenvalue weighted by molar-refractivity contribution is -0.116. The molecule has 0 aliphatic heterocycles. The van der Waals surface area contributed by atoms with Crippen molar-refractivity contribution in [2.45, 2.75) is 33.6 Å². The number of methoxy groups -OCH3 is 1. The number of rotatable bonds is 10. The molecule has 2 aromatic carbocycles. The van der Waals surface area contributed by atoms with Crippen LogP contribution in [-0.4, -0.2) is 36.1 Å². The fraction of sp³-hybridized carbons (Fsp3) is 0.320. The highest BCUT2D eigenvalue weighted by Gasteiger charge is 2.08. The van der Waals surface area contributed by atoms with E-state index in [0.29, 0.717) is 12.8 Å². The molecule has 0 atom stereocenters. The van der Waals surface area contributed by atoms with Crippen LogP contribution >= 0.6 is 0 Å². The maximum Gasteiger partial charge on any atom is 0.224 e. The fourth-order valence-electron chi connectivity index (χ4n) is 3.38. The molecule has 0 fully saturated rings. The van der Waals surface area contributed by atoms with Crippen LogP contribution in [0.15, 0.2) is 54.6 Å². The Morgan fingerprint density at radius 1 is 0.969 bits per heavy atom. The average Bonchev–Trinajstić information content (AvgIpc) is 2.80. The second kappa shape index (κ2) is 11.1. The molecule has 7 nitrogen and oxygen atoms in total. The number of anilines is 4. The summed E-state index contributed by atoms with van der Waals surface area (Å²) in [7, 11) is 1.64. The third kappa shape index (κ3) is 6.44. The largest absolute Gasteiger partial charge is 0.497 e. The van der Waals surface area contributed by atoms with Gasteiger partial charge >= 0.3 is 0 Å². The van der Waals surface area contributed by atoms with Crippen LogP contribution in [0, 0.1) is 6.92 Å². The van der Waals surface area contributed by atoms with E-state index in [9.17, 15) is 4.79 Å². The Morgan fingerprint density at radius 2 is 1.62 bits per heavy atom. The van der Waals surface area contributed by atoms with E-state index in [4.69, 9.17) is 4.74 Å². The average molecular weight is 434 g/mol. The van der Waals surface area contributed by atoms with Gasteiger partial charge in [-0.2, -0.15) is 0 Å². The second-order valence-electron chi connectivity index (χ2n) is 7.43. The summed E-state index contributed by atoms with van der Waals surface area (Å²) in [5.41, 5.74) is 2.76. The van der Waals surface area contributed by atoms with Crippen LogP contribution in [0.25, 0.3) is 0 Å². The normalized spacial score (nSPS) is 10.5. The third-order valence-corrected chi connectivity index (χ3v) is 5.15. The summed E-state index contributed by atoms with van der Waals surface area (Å²) in [6.07, 6.45) is 1.10. The minimum Gasteiger partial charge on any atom is -0.497 e. The molecule has 32 heavy (non-hydrogen) atoms. The highest BCUT2D eigenvalue weighted by molar-refractivity contribution is 5.91. The van der Waals surface area contributed by atoms with Crippen LogP contribution in [-0.2, 0) is 11.2 Å². The van der Waals surface area contributed by atoms with Crippen LogP contribution in [0.5, 0.6) is 5.75 Å². The predicted molar refractivity (Wildman–Crippen MR) is 130 cm³/mol. The third-order valence-electron chi connectivity index (χ3n) is 5.15. The molecular weight excluding hydrogens is 402 g/mol. The van der Waals surface area contributed by atoms with Crippen molar-refractivity contribution in [3.63, 3.8) is 0 Å². The van der Waals surface area contributed by atoms with E-state index in [0.717, 1.165) is 53.2 Å². The Kier molecular flexibility index (Phi) is 8.02. The zero-order valence-corrected chi connectivity index (χ0v) is 19.2. The van der Waals surface area contributed by atoms with Gasteiger partial charge in [0.05, 0.1) is 7.11 Å². The molecule has 2 N–H and O–H groups in total. The van der Waals surface area contributed by atoms with Gasteiger partial charge in [-0.3, -0.25) is 4.79 Å². The van der Waals surface area contributed by atoms with Crippen LogP contribution in [0.3, 0.4) is 0 Å². The number of carbonyl (C=O) groups is 1. The summed E-state index contributed by atoms with van der Waals surface area (Å²) in [6.45, 7) is 7.89. The van der Waals surface area contributed by atoms with Crippen LogP contribution in [0.4, 0.5) is 23.0 Å². The topological polar surface area (TPSA) is 79.4 Å². The number of aromatic nitrogens is 2. The van der Waals surface area contributed by atoms with Gasteiger partial charge in [-0.15, -0.1) is 0 Å². The number of nitrogens with one attached hydrogen (secondary N) is 2. The van der Waals surface area contributed by atoms with E-state index in [2.05, 4.69) is 39.3 Å². The Balaban J connectivity index is 1.56. The van der Waals surface area contributed by atoms with E-state index in [1.807, 2.05) is 61.5 Å². The van der Waals surface area contributed by atoms with E-state index in [1.54, 1.807) is 7.11 Å². The summed E-state index contributed by atoms with van der Waals surface area (Å²) in [5.74, 6) is 3.17. The monoisotopic (exact) mass is 433 g/mol. The molecule has 0 spiro atoms. The van der Waals surface area contributed by atoms with Crippen LogP contribution < -0.4 is 20.3 Å². The second-order valence-corrected chi connectivity index (χ2v) is 7.43. The quantitative estimate of drug-likeness (QED) is 0.471. The number of ether oxygens (including phenoxy) is 1. The molecular formula is C25H31N5O2. The lowest BCUT2D eigenvalue weighted by atomic mass is 10.1. The van der Waals surface area contributed by atoms with Gasteiger partial charge in [0.25, 0.3) is 0 Å². The molecule has 0 aliphatic rings. The maximum absolute atomic E-state index is 12.3. The molecule has 3 rings (SSSR count). The van der Waals surface area contributed by atoms with Crippen molar-refractivity contribution in [2.24, 2.45) is 0 Å². The molecule has 3 aromatic rings. The van der Waals surface area contributed by atoms with Gasteiger partial charge in [0.2, 0.25) is 5.91 Å². The first kappa shape index (κ1) is 23.1. The fourth-order valence-corrected chi connectivity index (χ4v) is 3.38. The number of hydrogen-bond donors (Lipinski definition) is 2. The molecule has 0 saturated heterocycles. The first-order valence-electron chi connectivity index (χ1n) is 10.9. The van der Waals surface area contributed by atoms with Crippen LogP contribution in [0.2, 0.25) is 0 Å². The SMILES string of the molecule is CCN(CC)c1cc(Nc2ccc(NC(=O)CCc3ccc(OC)cc3)cc2)nc(C)n1. The predicted octanol–water partition coefficient (Wildman–Crippen LogP) is 4.95. The van der Waals surface area contributed by atoms with Crippen LogP contribution in [0.1, 0.15) is 31.7 Å². The summed E-state index contributed by atoms with van der Waals surface area (Å²) in [5, 5.41) is 6.27. The number of nitrogens with zero attached hydrogens (tertiary/aromatic N) is 3. The molecule has 0 aliphatic carbocycles. The summed E-state index contributed by atoms with van der Waals surface area (Å²) in [6, 6.07) is 17.3. The van der Waals surface area contributed by atoms with Crippen molar-refractivity contribution in [1.29, 1.82) is 0 Å². The van der Waals surface area contributed by atoms with Gasteiger partial charge < -0.3 is 20.3 Å². The Morgan fingerprint density at radius 3 is 2.25 bits per heavy atom. The summed E-state index contributed by atoms with van der Waals surface area (Å²) < 4.78 is 5.16. The Labute approximate surface area is 189 Å². The molecule has 0 saturated carbocycles. The molecule has 0 radical (unpaired) electrons. The minimum absolute atomic E-state index is 0.0168. The van der Waals surface area contributed by atoms with E-state index < -0.39 is 0 Å². The number of aryl methyl sites for hydroxylation is 2. The van der Waals surface area contributed by atoms with E-state index >= 15 is 0 Å². The van der Waals surface area contributed by atoms with Crippen molar-refractivity contribution in [3.8, 4) is 5.75 Å². The molecule has 168 valence electrons. The Bertz CT molecular complexity index is 1020. The smallest absolute Gasteiger partial charge is 0.224 e. The van der Waals surface area contributed by atoms with E-state index in [-0.39, 0.29) is 5.91 Å². The highest BCUT2D eigenvalue weighted by atomic mass is 16.5. The molecule has 0 unspecified atom stereocenters. The number of benzene rings is 2. The van der Waals surface area contributed by atoms with Crippen molar-refractivity contribution < 1.29 is 9.53 Å². The van der Waals surface area contributed by atoms with Crippen molar-refractivity contribution in [2.75, 3.05) is 35.7 Å². The van der Waals surface area contributed by atoms with Gasteiger partial charge in [0.15, 0.2) is 0 Å². The minimum atomic E-state index is -0.0168. The van der Waals surface area contributed by atoms with Gasteiger partial charge in [0, 0.05) is 37.0 Å². The first-order valence-corrected chi connectivity index (χ1v) is 10.9. The summed E-state index contributed by atoms with van der Waals surface area (Å²) in [4.78, 5) is 23.5. The van der Waals surface area contributed by atoms with Gasteiger partial charge in [0.1, 0.15) is 23.2 Å². The first-order chi connectivity index (χ1) is 15.5. The van der Waals surface area contributed by atoms with Gasteiger partial charge in [-0.1, -0.05) is 12.1 Å². The van der Waals surface area contributed by atoms with Crippen molar-refractivity contribution in [1.82, 2.24) is 9.97 Å². The highest BCUT2D eigenvalue weighted by Crippen LogP contribution is 2.21. The van der Waals surface area contributed by atoms with Gasteiger partial charge in [-0.05, 0) is 69.2 Å². The number of hydrogen-bond acceptors (Lipinski definition) is 6. The summed E-state index contributed by atoms with van der Waals surface area (Å²) >= 11 is 0. The molecule has 0 bridgehead atoms. The molecule has 1 aromatic heterocycles. The Hall–Kier alpha value is -3.61. The molecule has 7 heteroatoms. The standard InChI is InChI=1S/C25H31N5O2/c1-5-30(6-2)24-17-23(26-18(3)27-24)28-20-10-12-21(13-11-20)29-25(31)16-9-19-7-14-22(32-4)15-8-19/h7-8,10-15,17H,5-6,9,16H2,1-4H3,(H,29,31)(H,26,27,28). The van der Waals surface area contributed by atoms with Crippen molar-refractivity contribution in [3.05, 3.63) is 66.0 Å². The van der Waals surface area contributed by atoms with E-state index in [1.165, 1.54) is 0 Å². The lowest BCUT2D eigenvalue weighted by Crippen LogP contribution is -2.23. The zero-order chi connectivity index (χ0) is 22.9.